The maximum Gasteiger partial charge on any atom is 0.191 e. The Morgan fingerprint density at radius 3 is 2.50 bits per heavy atom. The number of hydrogen-bond acceptors (Lipinski definition) is 4. The van der Waals surface area contributed by atoms with Crippen molar-refractivity contribution in [1.82, 2.24) is 20.4 Å². The lowest BCUT2D eigenvalue weighted by Gasteiger charge is -2.35. The van der Waals surface area contributed by atoms with E-state index in [0.717, 1.165) is 49.9 Å². The van der Waals surface area contributed by atoms with E-state index in [2.05, 4.69) is 73.3 Å². The molecule has 0 bridgehead atoms. The molecule has 1 atom stereocenters. The van der Waals surface area contributed by atoms with Gasteiger partial charge in [-0.25, -0.2) is 4.99 Å². The van der Waals surface area contributed by atoms with Crippen LogP contribution in [0.1, 0.15) is 45.2 Å². The van der Waals surface area contributed by atoms with Gasteiger partial charge in [-0.2, -0.15) is 0 Å². The standard InChI is InChI=1S/C24H43N5O/c1-6-15-30-23-16-20(4)9-10-22(23)18-27-24(25-7-2)26-17-21(5)19-29-13-11-28(8-3)12-14-29/h9-10,16,21H,6-8,11-15,17-19H2,1-5H3,(H2,25,26,27). The van der Waals surface area contributed by atoms with Gasteiger partial charge < -0.3 is 25.2 Å². The third-order valence-corrected chi connectivity index (χ3v) is 5.54. The van der Waals surface area contributed by atoms with Gasteiger partial charge in [0.1, 0.15) is 5.75 Å². The van der Waals surface area contributed by atoms with Crippen molar-refractivity contribution in [3.05, 3.63) is 29.3 Å². The molecule has 1 saturated heterocycles. The summed E-state index contributed by atoms with van der Waals surface area (Å²) in [5.41, 5.74) is 2.35. The van der Waals surface area contributed by atoms with E-state index >= 15 is 0 Å². The van der Waals surface area contributed by atoms with Crippen molar-refractivity contribution in [2.75, 3.05) is 59.0 Å². The average Bonchev–Trinajstić information content (AvgIpc) is 2.75. The average molecular weight is 418 g/mol. The van der Waals surface area contributed by atoms with Gasteiger partial charge in [-0.3, -0.25) is 0 Å². The molecule has 0 radical (unpaired) electrons. The Bertz CT molecular complexity index is 640. The van der Waals surface area contributed by atoms with Crippen molar-refractivity contribution < 1.29 is 4.74 Å². The second kappa shape index (κ2) is 13.5. The SMILES string of the molecule is CCCOc1cc(C)ccc1CN=C(NCC)NCC(C)CN1CCN(CC)CC1. The predicted octanol–water partition coefficient (Wildman–Crippen LogP) is 3.11. The van der Waals surface area contributed by atoms with Gasteiger partial charge in [0, 0.05) is 51.4 Å². The topological polar surface area (TPSA) is 52.1 Å². The number of likely N-dealkylation sites (N-methyl/N-ethyl adjacent to an activating group) is 1. The Balaban J connectivity index is 1.87. The summed E-state index contributed by atoms with van der Waals surface area (Å²) in [4.78, 5) is 9.93. The van der Waals surface area contributed by atoms with Gasteiger partial charge in [-0.15, -0.1) is 0 Å². The van der Waals surface area contributed by atoms with Gasteiger partial charge in [0.05, 0.1) is 13.2 Å². The Kier molecular flexibility index (Phi) is 11.0. The molecule has 2 N–H and O–H groups in total. The van der Waals surface area contributed by atoms with Crippen LogP contribution in [0.15, 0.2) is 23.2 Å². The maximum absolute atomic E-state index is 5.94. The van der Waals surface area contributed by atoms with Crippen molar-refractivity contribution in [3.63, 3.8) is 0 Å². The third-order valence-electron chi connectivity index (χ3n) is 5.54. The molecule has 0 spiro atoms. The van der Waals surface area contributed by atoms with Crippen LogP contribution >= 0.6 is 0 Å². The lowest BCUT2D eigenvalue weighted by Crippen LogP contribution is -2.48. The van der Waals surface area contributed by atoms with Gasteiger partial charge in [-0.1, -0.05) is 32.9 Å². The molecule has 1 aromatic carbocycles. The normalized spacial score (nSPS) is 17.0. The molecular formula is C24H43N5O. The van der Waals surface area contributed by atoms with E-state index in [9.17, 15) is 0 Å². The van der Waals surface area contributed by atoms with E-state index in [4.69, 9.17) is 9.73 Å². The number of guanidine groups is 1. The minimum Gasteiger partial charge on any atom is -0.493 e. The molecule has 170 valence electrons. The van der Waals surface area contributed by atoms with Crippen LogP contribution in [0, 0.1) is 12.8 Å². The molecule has 1 fully saturated rings. The summed E-state index contributed by atoms with van der Waals surface area (Å²) in [5.74, 6) is 2.41. The van der Waals surface area contributed by atoms with Gasteiger partial charge >= 0.3 is 0 Å². The lowest BCUT2D eigenvalue weighted by atomic mass is 10.1. The Labute approximate surface area is 184 Å². The van der Waals surface area contributed by atoms with Crippen LogP contribution < -0.4 is 15.4 Å². The van der Waals surface area contributed by atoms with Crippen LogP contribution in [0.2, 0.25) is 0 Å². The maximum atomic E-state index is 5.94. The van der Waals surface area contributed by atoms with Crippen LogP contribution in [0.3, 0.4) is 0 Å². The fraction of sp³-hybridized carbons (Fsp3) is 0.708. The second-order valence-corrected chi connectivity index (χ2v) is 8.38. The molecule has 0 amide bonds. The minimum atomic E-state index is 0.574. The van der Waals surface area contributed by atoms with E-state index in [1.807, 2.05) is 0 Å². The molecular weight excluding hydrogens is 374 g/mol. The quantitative estimate of drug-likeness (QED) is 0.428. The number of benzene rings is 1. The molecule has 0 saturated carbocycles. The molecule has 30 heavy (non-hydrogen) atoms. The van der Waals surface area contributed by atoms with Gasteiger partial charge in [0.2, 0.25) is 0 Å². The van der Waals surface area contributed by atoms with Crippen LogP contribution in [0.25, 0.3) is 0 Å². The van der Waals surface area contributed by atoms with Crippen molar-refractivity contribution >= 4 is 5.96 Å². The number of ether oxygens (including phenoxy) is 1. The van der Waals surface area contributed by atoms with Crippen LogP contribution in [-0.2, 0) is 6.54 Å². The summed E-state index contributed by atoms with van der Waals surface area (Å²) >= 11 is 0. The molecule has 1 aliphatic rings. The number of aliphatic imine (C=N–C) groups is 1. The van der Waals surface area contributed by atoms with E-state index in [0.29, 0.717) is 12.5 Å². The van der Waals surface area contributed by atoms with Gasteiger partial charge in [0.15, 0.2) is 5.96 Å². The first-order chi connectivity index (χ1) is 14.5. The fourth-order valence-electron chi connectivity index (χ4n) is 3.71. The van der Waals surface area contributed by atoms with Crippen molar-refractivity contribution in [2.24, 2.45) is 10.9 Å². The molecule has 1 aliphatic heterocycles. The highest BCUT2D eigenvalue weighted by Crippen LogP contribution is 2.21. The first-order valence-corrected chi connectivity index (χ1v) is 11.7. The van der Waals surface area contributed by atoms with Crippen molar-refractivity contribution in [1.29, 1.82) is 0 Å². The number of rotatable bonds is 11. The van der Waals surface area contributed by atoms with Crippen molar-refractivity contribution in [2.45, 2.75) is 47.6 Å². The smallest absolute Gasteiger partial charge is 0.191 e. The number of aryl methyl sites for hydroxylation is 1. The van der Waals surface area contributed by atoms with E-state index in [-0.39, 0.29) is 0 Å². The number of nitrogens with one attached hydrogen (secondary N) is 2. The first kappa shape index (κ1) is 24.5. The molecule has 0 aliphatic carbocycles. The predicted molar refractivity (Wildman–Crippen MR) is 128 cm³/mol. The third kappa shape index (κ3) is 8.52. The molecule has 1 heterocycles. The Hall–Kier alpha value is -1.79. The molecule has 1 aromatic rings. The molecule has 0 aromatic heterocycles. The monoisotopic (exact) mass is 417 g/mol. The largest absolute Gasteiger partial charge is 0.493 e. The Morgan fingerprint density at radius 2 is 1.83 bits per heavy atom. The van der Waals surface area contributed by atoms with Crippen molar-refractivity contribution in [3.8, 4) is 5.75 Å². The summed E-state index contributed by atoms with van der Waals surface area (Å²) in [5, 5.41) is 6.91. The molecule has 6 heteroatoms. The van der Waals surface area contributed by atoms with Crippen LogP contribution in [0.5, 0.6) is 5.75 Å². The minimum absolute atomic E-state index is 0.574. The van der Waals surface area contributed by atoms with E-state index in [1.54, 1.807) is 0 Å². The first-order valence-electron chi connectivity index (χ1n) is 11.7. The lowest BCUT2D eigenvalue weighted by molar-refractivity contribution is 0.124. The van der Waals surface area contributed by atoms with Crippen LogP contribution in [0.4, 0.5) is 0 Å². The summed E-state index contributed by atoms with van der Waals surface area (Å²) < 4.78 is 5.94. The highest BCUT2D eigenvalue weighted by Gasteiger charge is 2.17. The Morgan fingerprint density at radius 1 is 1.10 bits per heavy atom. The summed E-state index contributed by atoms with van der Waals surface area (Å²) in [7, 11) is 0. The van der Waals surface area contributed by atoms with Gasteiger partial charge in [-0.05, 0) is 44.4 Å². The fourth-order valence-corrected chi connectivity index (χ4v) is 3.71. The summed E-state index contributed by atoms with van der Waals surface area (Å²) in [6.45, 7) is 21.1. The highest BCUT2D eigenvalue weighted by atomic mass is 16.5. The zero-order chi connectivity index (χ0) is 21.8. The zero-order valence-electron chi connectivity index (χ0n) is 19.8. The number of piperazine rings is 1. The van der Waals surface area contributed by atoms with E-state index < -0.39 is 0 Å². The zero-order valence-corrected chi connectivity index (χ0v) is 19.8. The molecule has 2 rings (SSSR count). The van der Waals surface area contributed by atoms with Crippen LogP contribution in [-0.4, -0.2) is 74.7 Å². The second-order valence-electron chi connectivity index (χ2n) is 8.38. The summed E-state index contributed by atoms with van der Waals surface area (Å²) in [6, 6.07) is 6.37. The number of hydrogen-bond donors (Lipinski definition) is 2. The van der Waals surface area contributed by atoms with E-state index in [1.165, 1.54) is 38.3 Å². The van der Waals surface area contributed by atoms with Gasteiger partial charge in [0.25, 0.3) is 0 Å². The molecule has 1 unspecified atom stereocenters. The summed E-state index contributed by atoms with van der Waals surface area (Å²) in [6.07, 6.45) is 1.01. The highest BCUT2D eigenvalue weighted by molar-refractivity contribution is 5.79. The number of nitrogens with zero attached hydrogens (tertiary/aromatic N) is 3. The molecule has 6 nitrogen and oxygen atoms in total.